The molecule has 1 aromatic heterocycles. The molecule has 1 heterocycles. The number of aromatic carboxylic acids is 1. The minimum absolute atomic E-state index is 0.127. The predicted molar refractivity (Wildman–Crippen MR) is 176 cm³/mol. The summed E-state index contributed by atoms with van der Waals surface area (Å²) < 4.78 is 6.51. The van der Waals surface area contributed by atoms with Crippen molar-refractivity contribution in [2.75, 3.05) is 48.6 Å². The van der Waals surface area contributed by atoms with E-state index in [4.69, 9.17) is 4.42 Å². The third kappa shape index (κ3) is 5.65. The molecular weight excluding hydrogens is 536 g/mol. The molecular formula is C36H32N4O3. The van der Waals surface area contributed by atoms with E-state index in [9.17, 15) is 9.90 Å². The van der Waals surface area contributed by atoms with Gasteiger partial charge in [0, 0.05) is 73.4 Å². The molecule has 0 spiro atoms. The van der Waals surface area contributed by atoms with E-state index in [-0.39, 0.29) is 5.56 Å². The smallest absolute Gasteiger partial charge is 0.363 e. The molecule has 0 radical (unpaired) electrons. The lowest BCUT2D eigenvalue weighted by molar-refractivity contribution is -0.254. The van der Waals surface area contributed by atoms with Gasteiger partial charge in [0.25, 0.3) is 0 Å². The van der Waals surface area contributed by atoms with E-state index in [2.05, 4.69) is 44.7 Å². The number of nitrogens with one attached hydrogen (secondary N) is 2. The second-order valence-corrected chi connectivity index (χ2v) is 10.9. The molecule has 0 fully saturated rings. The van der Waals surface area contributed by atoms with E-state index in [1.807, 2.05) is 101 Å². The highest BCUT2D eigenvalue weighted by atomic mass is 16.4. The van der Waals surface area contributed by atoms with Crippen LogP contribution in [0.5, 0.6) is 0 Å². The molecule has 6 aromatic rings. The second kappa shape index (κ2) is 11.4. The van der Waals surface area contributed by atoms with Crippen molar-refractivity contribution in [3.05, 3.63) is 115 Å². The fourth-order valence-electron chi connectivity index (χ4n) is 5.23. The van der Waals surface area contributed by atoms with Crippen LogP contribution in [0.2, 0.25) is 0 Å². The zero-order valence-electron chi connectivity index (χ0n) is 24.5. The molecule has 7 heteroatoms. The molecule has 0 bridgehead atoms. The molecule has 2 N–H and O–H groups in total. The van der Waals surface area contributed by atoms with Crippen molar-refractivity contribution in [2.45, 2.75) is 0 Å². The largest absolute Gasteiger partial charge is 0.545 e. The summed E-state index contributed by atoms with van der Waals surface area (Å²) in [6.45, 7) is 0. The maximum absolute atomic E-state index is 12.2. The van der Waals surface area contributed by atoms with Crippen molar-refractivity contribution in [1.29, 1.82) is 0 Å². The van der Waals surface area contributed by atoms with Gasteiger partial charge in [-0.1, -0.05) is 24.3 Å². The zero-order chi connectivity index (χ0) is 30.1. The van der Waals surface area contributed by atoms with Gasteiger partial charge in [0.15, 0.2) is 0 Å². The first-order valence-electron chi connectivity index (χ1n) is 14.0. The Bertz CT molecular complexity index is 1840. The van der Waals surface area contributed by atoms with Crippen molar-refractivity contribution >= 4 is 62.0 Å². The Kier molecular flexibility index (Phi) is 7.30. The number of fused-ring (bicyclic) bond motifs is 2. The fourth-order valence-corrected chi connectivity index (χ4v) is 5.23. The van der Waals surface area contributed by atoms with Crippen LogP contribution >= 0.6 is 0 Å². The number of carboxylic acids is 1. The summed E-state index contributed by atoms with van der Waals surface area (Å²) in [6, 6.07) is 35.0. The Hall–Kier alpha value is -5.56. The van der Waals surface area contributed by atoms with Crippen LogP contribution in [0.4, 0.5) is 34.1 Å². The van der Waals surface area contributed by atoms with Crippen LogP contribution in [0, 0.1) is 0 Å². The summed E-state index contributed by atoms with van der Waals surface area (Å²) in [5.41, 5.74) is 8.54. The first kappa shape index (κ1) is 27.6. The monoisotopic (exact) mass is 568 g/mol. The van der Waals surface area contributed by atoms with Gasteiger partial charge in [-0.05, 0) is 78.4 Å². The van der Waals surface area contributed by atoms with Crippen molar-refractivity contribution < 1.29 is 14.3 Å². The molecule has 43 heavy (non-hydrogen) atoms. The molecule has 0 aliphatic heterocycles. The van der Waals surface area contributed by atoms with E-state index in [1.165, 1.54) is 0 Å². The topological polar surface area (TPSA) is 82.0 Å². The lowest BCUT2D eigenvalue weighted by atomic mass is 9.93. The lowest BCUT2D eigenvalue weighted by Gasteiger charge is -2.14. The van der Waals surface area contributed by atoms with Gasteiger partial charge in [-0.25, -0.2) is 4.42 Å². The maximum atomic E-state index is 12.2. The minimum Gasteiger partial charge on any atom is -0.545 e. The molecule has 7 nitrogen and oxygen atoms in total. The van der Waals surface area contributed by atoms with Crippen LogP contribution in [-0.4, -0.2) is 34.2 Å². The van der Waals surface area contributed by atoms with Gasteiger partial charge >= 0.3 is 11.2 Å². The zero-order valence-corrected chi connectivity index (χ0v) is 24.5. The van der Waals surface area contributed by atoms with E-state index in [0.717, 1.165) is 50.5 Å². The molecule has 0 aliphatic carbocycles. The first-order chi connectivity index (χ1) is 20.8. The summed E-state index contributed by atoms with van der Waals surface area (Å²) in [5, 5.41) is 20.7. The van der Waals surface area contributed by atoms with Crippen molar-refractivity contribution in [3.8, 4) is 11.1 Å². The highest BCUT2D eigenvalue weighted by Gasteiger charge is 2.23. The first-order valence-corrected chi connectivity index (χ1v) is 14.0. The highest BCUT2D eigenvalue weighted by Crippen LogP contribution is 2.40. The van der Waals surface area contributed by atoms with Gasteiger partial charge in [0.1, 0.15) is 0 Å². The van der Waals surface area contributed by atoms with Gasteiger partial charge < -0.3 is 30.3 Å². The van der Waals surface area contributed by atoms with Crippen molar-refractivity contribution in [1.82, 2.24) is 0 Å². The molecule has 0 unspecified atom stereocenters. The van der Waals surface area contributed by atoms with Gasteiger partial charge in [-0.3, -0.25) is 0 Å². The standard InChI is InChI=1S/C36H32N4O3/c1-39(2)27-15-9-23(10-16-27)37-25-13-19-31-33(21-25)43-34-22-26(38-24-11-17-28(18-12-24)40(3)4)14-20-32(34)35(31)29-7-5-6-8-30(29)36(41)42/h5-22,37-38H,1-4H3. The molecule has 5 aromatic carbocycles. The summed E-state index contributed by atoms with van der Waals surface area (Å²) >= 11 is 0. The Balaban J connectivity index is 1.47. The molecule has 0 saturated heterocycles. The minimum atomic E-state index is -1.23. The average Bonchev–Trinajstić information content (AvgIpc) is 3.00. The Morgan fingerprint density at radius 3 is 1.49 bits per heavy atom. The number of anilines is 6. The van der Waals surface area contributed by atoms with Crippen molar-refractivity contribution in [2.24, 2.45) is 0 Å². The van der Waals surface area contributed by atoms with Gasteiger partial charge in [0.2, 0.25) is 0 Å². The van der Waals surface area contributed by atoms with Gasteiger partial charge in [0.05, 0.1) is 28.9 Å². The quantitative estimate of drug-likeness (QED) is 0.145. The molecule has 0 aliphatic rings. The maximum Gasteiger partial charge on any atom is 0.363 e. The van der Waals surface area contributed by atoms with Crippen LogP contribution in [0.3, 0.4) is 0 Å². The third-order valence-electron chi connectivity index (χ3n) is 7.48. The predicted octanol–water partition coefficient (Wildman–Crippen LogP) is 7.52. The van der Waals surface area contributed by atoms with Gasteiger partial charge in [-0.2, -0.15) is 0 Å². The average molecular weight is 569 g/mol. The lowest BCUT2D eigenvalue weighted by Crippen LogP contribution is -2.23. The van der Waals surface area contributed by atoms with E-state index >= 15 is 0 Å². The Labute approximate surface area is 250 Å². The Morgan fingerprint density at radius 1 is 0.605 bits per heavy atom. The number of carboxylic acid groups (broad SMARTS) is 1. The van der Waals surface area contributed by atoms with E-state index in [0.29, 0.717) is 16.7 Å². The Morgan fingerprint density at radius 2 is 1.05 bits per heavy atom. The second-order valence-electron chi connectivity index (χ2n) is 10.9. The molecule has 0 atom stereocenters. The number of carbonyl (C=O) groups excluding carboxylic acids is 1. The van der Waals surface area contributed by atoms with Crippen LogP contribution in [0.25, 0.3) is 33.1 Å². The van der Waals surface area contributed by atoms with Gasteiger partial charge in [-0.15, -0.1) is 0 Å². The van der Waals surface area contributed by atoms with Crippen LogP contribution in [0.15, 0.2) is 114 Å². The number of carbonyl (C=O) groups is 1. The molecule has 214 valence electrons. The summed E-state index contributed by atoms with van der Waals surface area (Å²) in [6.07, 6.45) is 0. The van der Waals surface area contributed by atoms with Crippen LogP contribution in [-0.2, 0) is 0 Å². The molecule has 0 amide bonds. The molecule has 0 saturated carbocycles. The summed E-state index contributed by atoms with van der Waals surface area (Å²) in [5.74, 6) is -1.23. The normalized spacial score (nSPS) is 11.0. The number of hydrogen-bond acceptors (Lipinski definition) is 6. The fraction of sp³-hybridized carbons (Fsp3) is 0.111. The SMILES string of the molecule is CN(C)c1ccc(Nc2ccc3c(-c4ccccc4C(=O)[O-])c4ccc(Nc5ccc(N(C)C)cc5)cc4[o+]c3c2)cc1. The third-order valence-corrected chi connectivity index (χ3v) is 7.48. The summed E-state index contributed by atoms with van der Waals surface area (Å²) in [7, 11) is 8.04. The van der Waals surface area contributed by atoms with E-state index in [1.54, 1.807) is 12.1 Å². The number of hydrogen-bond donors (Lipinski definition) is 2. The highest BCUT2D eigenvalue weighted by molar-refractivity contribution is 6.12. The van der Waals surface area contributed by atoms with Crippen molar-refractivity contribution in [3.63, 3.8) is 0 Å². The summed E-state index contributed by atoms with van der Waals surface area (Å²) in [4.78, 5) is 16.3. The number of rotatable bonds is 8. The van der Waals surface area contributed by atoms with E-state index < -0.39 is 5.97 Å². The number of benzene rings is 5. The molecule has 6 rings (SSSR count). The number of nitrogens with zero attached hydrogens (tertiary/aromatic N) is 2. The van der Waals surface area contributed by atoms with Crippen LogP contribution in [0.1, 0.15) is 10.4 Å². The van der Waals surface area contributed by atoms with Crippen LogP contribution < -0.4 is 25.5 Å².